The van der Waals surface area contributed by atoms with E-state index in [4.69, 9.17) is 0 Å². The van der Waals surface area contributed by atoms with Crippen LogP contribution in [0.1, 0.15) is 25.9 Å². The van der Waals surface area contributed by atoms with Crippen molar-refractivity contribution < 1.29 is 26.5 Å². The average Bonchev–Trinajstić information content (AvgIpc) is 3.53. The van der Waals surface area contributed by atoms with Gasteiger partial charge < -0.3 is 0 Å². The Labute approximate surface area is 229 Å². The van der Waals surface area contributed by atoms with Crippen molar-refractivity contribution in [1.82, 2.24) is 0 Å². The van der Waals surface area contributed by atoms with Crippen LogP contribution in [0.25, 0.3) is 17.2 Å². The number of allylic oxidation sites excluding steroid dienone is 1. The summed E-state index contributed by atoms with van der Waals surface area (Å²) < 4.78 is 34.5. The molecule has 1 atom stereocenters. The minimum absolute atomic E-state index is 0.370. The predicted octanol–water partition coefficient (Wildman–Crippen LogP) is 8.03. The molecule has 7 rings (SSSR count). The first-order valence-electron chi connectivity index (χ1n) is 12.9. The summed E-state index contributed by atoms with van der Waals surface area (Å²) in [6.45, 7) is 0. The summed E-state index contributed by atoms with van der Waals surface area (Å²) >= 11 is -6.21. The predicted molar refractivity (Wildman–Crippen MR) is 153 cm³/mol. The fraction of sp³-hybridized carbons (Fsp3) is 0.0588. The molecule has 0 saturated carbocycles. The van der Waals surface area contributed by atoms with Crippen LogP contribution in [0, 0.1) is 0 Å². The van der Waals surface area contributed by atoms with Gasteiger partial charge in [-0.15, -0.1) is 0 Å². The molecule has 4 heteroatoms. The van der Waals surface area contributed by atoms with Gasteiger partial charge in [-0.05, 0) is 0 Å². The molecule has 0 aliphatic heterocycles. The van der Waals surface area contributed by atoms with Gasteiger partial charge in [0, 0.05) is 0 Å². The van der Waals surface area contributed by atoms with E-state index < -0.39 is 32.8 Å². The first-order valence-corrected chi connectivity index (χ1v) is 20.8. The Balaban J connectivity index is 1.42. The van der Waals surface area contributed by atoms with Crippen LogP contribution in [0.4, 0.5) is 5.33 Å². The van der Waals surface area contributed by atoms with E-state index in [-0.39, 0.29) is 0 Å². The summed E-state index contributed by atoms with van der Waals surface area (Å²) in [5.74, 6) is 0. The van der Waals surface area contributed by atoms with E-state index >= 15 is 5.33 Å². The van der Waals surface area contributed by atoms with Gasteiger partial charge in [-0.25, -0.2) is 0 Å². The summed E-state index contributed by atoms with van der Waals surface area (Å²) in [5.41, 5.74) is 5.85. The number of rotatable bonds is 5. The van der Waals surface area contributed by atoms with Crippen LogP contribution in [0.5, 0.6) is 0 Å². The molecule has 0 spiro atoms. The van der Waals surface area contributed by atoms with Gasteiger partial charge in [-0.3, -0.25) is 0 Å². The maximum atomic E-state index is 17.5. The number of hydrogen-bond donors (Lipinski definition) is 0. The molecule has 0 saturated heterocycles. The third kappa shape index (κ3) is 3.91. The summed E-state index contributed by atoms with van der Waals surface area (Å²) in [6.07, 6.45) is 2.69. The van der Waals surface area contributed by atoms with Gasteiger partial charge in [0.15, 0.2) is 0 Å². The van der Waals surface area contributed by atoms with Crippen molar-refractivity contribution >= 4 is 27.9 Å². The summed E-state index contributed by atoms with van der Waals surface area (Å²) in [7, 11) is -1.11. The molecule has 38 heavy (non-hydrogen) atoms. The monoisotopic (exact) mass is 682 g/mol. The van der Waals surface area contributed by atoms with E-state index in [0.29, 0.717) is 9.74 Å². The first-order chi connectivity index (χ1) is 18.6. The van der Waals surface area contributed by atoms with Crippen molar-refractivity contribution in [2.75, 3.05) is 0 Å². The molecule has 0 amide bonds. The molecule has 0 aromatic heterocycles. The Morgan fingerprint density at radius 3 is 1.95 bits per heavy atom. The third-order valence-corrected chi connectivity index (χ3v) is 20.3. The van der Waals surface area contributed by atoms with Gasteiger partial charge in [0.05, 0.1) is 0 Å². The number of halogens is 2. The number of benzene rings is 5. The zero-order valence-corrected chi connectivity index (χ0v) is 25.2. The van der Waals surface area contributed by atoms with E-state index in [9.17, 15) is 0 Å². The van der Waals surface area contributed by atoms with Crippen LogP contribution >= 0.6 is 7.92 Å². The molecule has 0 fully saturated rings. The van der Waals surface area contributed by atoms with Gasteiger partial charge in [0.1, 0.15) is 0 Å². The maximum absolute atomic E-state index is 17.5. The standard InChI is InChI=1S/C21H16P.C13H9.2FH.Hf/c1-3-11-19(12-4-1)22(20-13-5-2-6-14-20)21-15-17-9-7-8-10-18(17)16-21;1-3-7-12-10(5-1)9-11-6-2-4-8-13(11)12;;;/h1-16H;1-5,7-8H,9H2;2*1H;/q;;;;+2/p-2. The molecule has 184 valence electrons. The Hall–Kier alpha value is -3.00. The molecule has 0 heterocycles. The molecule has 1 unspecified atom stereocenters. The van der Waals surface area contributed by atoms with Gasteiger partial charge in [0.2, 0.25) is 0 Å². The van der Waals surface area contributed by atoms with E-state index in [2.05, 4.69) is 42.5 Å². The van der Waals surface area contributed by atoms with Crippen molar-refractivity contribution in [2.24, 2.45) is 0 Å². The molecule has 0 nitrogen and oxygen atoms in total. The molecule has 2 aliphatic rings. The van der Waals surface area contributed by atoms with Gasteiger partial charge in [-0.1, -0.05) is 0 Å². The Morgan fingerprint density at radius 1 is 0.605 bits per heavy atom. The van der Waals surface area contributed by atoms with E-state index in [1.807, 2.05) is 84.9 Å². The fourth-order valence-corrected chi connectivity index (χ4v) is 19.8. The molecular weight excluding hydrogens is 656 g/mol. The molecule has 5 aromatic rings. The van der Waals surface area contributed by atoms with Crippen LogP contribution in [0.2, 0.25) is 0 Å². The molecule has 2 aliphatic carbocycles. The Kier molecular flexibility index (Phi) is 6.10. The second kappa shape index (κ2) is 9.63. The second-order valence-electron chi connectivity index (χ2n) is 9.93. The SMILES string of the molecule is [F][Hf]([F])([c]1cccc2c1Cc1ccccc1-2)[CH]1C(P(c2ccccc2)c2ccccc2)=Cc2ccccc21. The Morgan fingerprint density at radius 2 is 1.21 bits per heavy atom. The fourth-order valence-electron chi connectivity index (χ4n) is 6.11. The van der Waals surface area contributed by atoms with Crippen molar-refractivity contribution in [2.45, 2.75) is 10.1 Å². The van der Waals surface area contributed by atoms with Crippen LogP contribution in [-0.2, 0) is 27.6 Å². The van der Waals surface area contributed by atoms with E-state index in [0.717, 1.165) is 49.3 Å². The topological polar surface area (TPSA) is 0 Å². The van der Waals surface area contributed by atoms with Crippen molar-refractivity contribution in [1.29, 1.82) is 0 Å². The Bertz CT molecular complexity index is 1640. The number of fused-ring (bicyclic) bond motifs is 4. The van der Waals surface area contributed by atoms with Crippen LogP contribution in [0.15, 0.2) is 133 Å². The summed E-state index contributed by atoms with van der Waals surface area (Å²) in [4.78, 5) is 0. The van der Waals surface area contributed by atoms with Gasteiger partial charge in [0.25, 0.3) is 0 Å². The average molecular weight is 681 g/mol. The quantitative estimate of drug-likeness (QED) is 0.128. The zero-order valence-electron chi connectivity index (χ0n) is 20.7. The van der Waals surface area contributed by atoms with Crippen LogP contribution in [-0.4, -0.2) is 0 Å². The normalized spacial score (nSPS) is 15.7. The van der Waals surface area contributed by atoms with Gasteiger partial charge in [-0.2, -0.15) is 0 Å². The zero-order chi connectivity index (χ0) is 25.7. The van der Waals surface area contributed by atoms with E-state index in [1.54, 1.807) is 6.07 Å². The molecular formula is C34H25F2HfP. The van der Waals surface area contributed by atoms with Crippen LogP contribution in [0.3, 0.4) is 0 Å². The third-order valence-electron chi connectivity index (χ3n) is 7.77. The first kappa shape index (κ1) is 24.1. The minimum atomic E-state index is -6.21. The van der Waals surface area contributed by atoms with Crippen molar-refractivity contribution in [3.8, 4) is 11.1 Å². The van der Waals surface area contributed by atoms with Crippen LogP contribution < -0.4 is 13.9 Å². The van der Waals surface area contributed by atoms with Crippen molar-refractivity contribution in [3.63, 3.8) is 0 Å². The summed E-state index contributed by atoms with van der Waals surface area (Å²) in [6, 6.07) is 42.1. The molecule has 0 radical (unpaired) electrons. The van der Waals surface area contributed by atoms with E-state index in [1.165, 1.54) is 0 Å². The summed E-state index contributed by atoms with van der Waals surface area (Å²) in [5, 5.41) is 3.14. The molecule has 0 N–H and O–H groups in total. The van der Waals surface area contributed by atoms with Crippen molar-refractivity contribution in [3.05, 3.63) is 155 Å². The molecule has 5 aromatic carbocycles. The second-order valence-corrected chi connectivity index (χ2v) is 20.6. The number of hydrogen-bond acceptors (Lipinski definition) is 0. The molecule has 0 bridgehead atoms. The van der Waals surface area contributed by atoms with Gasteiger partial charge >= 0.3 is 231 Å².